The molecule has 0 radical (unpaired) electrons. The number of hydrogen-bond donors (Lipinski definition) is 2. The minimum absolute atomic E-state index is 0.197. The third-order valence-electron chi connectivity index (χ3n) is 3.49. The first-order valence-corrected chi connectivity index (χ1v) is 9.31. The molecule has 9 heteroatoms. The molecule has 0 fully saturated rings. The molecule has 0 bridgehead atoms. The Bertz CT molecular complexity index is 638. The molecule has 2 N–H and O–H groups in total. The van der Waals surface area contributed by atoms with Gasteiger partial charge >= 0.3 is 0 Å². The molecule has 0 aliphatic carbocycles. The molecule has 2 rings (SSSR count). The van der Waals surface area contributed by atoms with Gasteiger partial charge in [0.25, 0.3) is 0 Å². The summed E-state index contributed by atoms with van der Waals surface area (Å²) in [6.07, 6.45) is 3.44. The first kappa shape index (κ1) is 16.9. The van der Waals surface area contributed by atoms with Crippen LogP contribution in [-0.2, 0) is 34.3 Å². The highest BCUT2D eigenvalue weighted by Gasteiger charge is 2.24. The summed E-state index contributed by atoms with van der Waals surface area (Å²) in [5.74, 6) is 1.51. The van der Waals surface area contributed by atoms with Crippen LogP contribution in [-0.4, -0.2) is 41.4 Å². The summed E-state index contributed by atoms with van der Waals surface area (Å²) in [5, 5.41) is 10.9. The Kier molecular flexibility index (Phi) is 5.17. The topological polar surface area (TPSA) is 106 Å². The van der Waals surface area contributed by atoms with E-state index in [0.29, 0.717) is 12.2 Å². The average Bonchev–Trinajstić information content (AvgIpc) is 2.95. The normalized spacial score (nSPS) is 15.8. The summed E-state index contributed by atoms with van der Waals surface area (Å²) in [6.45, 7) is 5.00. The van der Waals surface area contributed by atoms with E-state index < -0.39 is 16.1 Å². The molecule has 0 spiro atoms. The van der Waals surface area contributed by atoms with Crippen LogP contribution in [0.2, 0.25) is 0 Å². The number of aryl methyl sites for hydroxylation is 1. The van der Waals surface area contributed by atoms with Crippen molar-refractivity contribution < 1.29 is 13.2 Å². The van der Waals surface area contributed by atoms with E-state index in [1.54, 1.807) is 0 Å². The van der Waals surface area contributed by atoms with Crippen molar-refractivity contribution in [3.8, 4) is 0 Å². The van der Waals surface area contributed by atoms with Crippen molar-refractivity contribution >= 4 is 15.9 Å². The number of amides is 1. The number of carbonyl (C=O) groups is 1. The summed E-state index contributed by atoms with van der Waals surface area (Å²) in [5.41, 5.74) is 0. The standard InChI is InChI=1S/C13H23N5O3S/c1-9(2)7-10(17-22(3,20)21)13(19)14-8-12-16-15-11-5-4-6-18(11)12/h9-10,17H,4-8H2,1-3H3,(H,14,19)/t10-/m0/s1. The van der Waals surface area contributed by atoms with Crippen LogP contribution in [0.4, 0.5) is 0 Å². The Labute approximate surface area is 130 Å². The van der Waals surface area contributed by atoms with Crippen molar-refractivity contribution in [3.05, 3.63) is 11.6 Å². The molecule has 1 aliphatic rings. The number of sulfonamides is 1. The largest absolute Gasteiger partial charge is 0.347 e. The highest BCUT2D eigenvalue weighted by atomic mass is 32.2. The van der Waals surface area contributed by atoms with Crippen molar-refractivity contribution in [2.45, 2.75) is 52.2 Å². The predicted octanol–water partition coefficient (Wildman–Crippen LogP) is -0.196. The van der Waals surface area contributed by atoms with Crippen molar-refractivity contribution in [1.82, 2.24) is 24.8 Å². The molecular weight excluding hydrogens is 306 g/mol. The maximum atomic E-state index is 12.3. The van der Waals surface area contributed by atoms with Crippen LogP contribution in [0.1, 0.15) is 38.3 Å². The van der Waals surface area contributed by atoms with Crippen molar-refractivity contribution in [2.24, 2.45) is 5.92 Å². The molecule has 1 aromatic heterocycles. The van der Waals surface area contributed by atoms with Gasteiger partial charge in [-0.25, -0.2) is 13.1 Å². The molecule has 1 amide bonds. The van der Waals surface area contributed by atoms with E-state index in [2.05, 4.69) is 20.2 Å². The maximum Gasteiger partial charge on any atom is 0.238 e. The number of hydrogen-bond acceptors (Lipinski definition) is 5. The van der Waals surface area contributed by atoms with Gasteiger partial charge in [0.1, 0.15) is 11.9 Å². The minimum Gasteiger partial charge on any atom is -0.347 e. The molecule has 0 aromatic carbocycles. The van der Waals surface area contributed by atoms with Gasteiger partial charge in [0.2, 0.25) is 15.9 Å². The van der Waals surface area contributed by atoms with E-state index in [4.69, 9.17) is 0 Å². The van der Waals surface area contributed by atoms with E-state index in [9.17, 15) is 13.2 Å². The molecule has 0 saturated heterocycles. The maximum absolute atomic E-state index is 12.3. The molecule has 1 aromatic rings. The van der Waals surface area contributed by atoms with Crippen LogP contribution in [0.25, 0.3) is 0 Å². The van der Waals surface area contributed by atoms with Gasteiger partial charge in [-0.2, -0.15) is 0 Å². The zero-order valence-electron chi connectivity index (χ0n) is 13.2. The van der Waals surface area contributed by atoms with Gasteiger partial charge in [-0.15, -0.1) is 10.2 Å². The van der Waals surface area contributed by atoms with Crippen LogP contribution < -0.4 is 10.0 Å². The molecule has 2 heterocycles. The monoisotopic (exact) mass is 329 g/mol. The fraction of sp³-hybridized carbons (Fsp3) is 0.769. The molecule has 124 valence electrons. The lowest BCUT2D eigenvalue weighted by Gasteiger charge is -2.19. The molecule has 1 atom stereocenters. The Morgan fingerprint density at radius 3 is 2.73 bits per heavy atom. The molecule has 1 aliphatic heterocycles. The van der Waals surface area contributed by atoms with E-state index in [-0.39, 0.29) is 18.4 Å². The summed E-state index contributed by atoms with van der Waals surface area (Å²) >= 11 is 0. The highest BCUT2D eigenvalue weighted by molar-refractivity contribution is 7.88. The van der Waals surface area contributed by atoms with Crippen LogP contribution in [0.3, 0.4) is 0 Å². The zero-order chi connectivity index (χ0) is 16.3. The lowest BCUT2D eigenvalue weighted by Crippen LogP contribution is -2.47. The quantitative estimate of drug-likeness (QED) is 0.721. The molecule has 0 unspecified atom stereocenters. The van der Waals surface area contributed by atoms with E-state index >= 15 is 0 Å². The average molecular weight is 329 g/mol. The third kappa shape index (κ3) is 4.51. The molecular formula is C13H23N5O3S. The van der Waals surface area contributed by atoms with Gasteiger partial charge in [-0.3, -0.25) is 4.79 Å². The first-order valence-electron chi connectivity index (χ1n) is 7.42. The predicted molar refractivity (Wildman–Crippen MR) is 81.4 cm³/mol. The highest BCUT2D eigenvalue weighted by Crippen LogP contribution is 2.14. The Morgan fingerprint density at radius 1 is 1.36 bits per heavy atom. The SMILES string of the molecule is CC(C)C[C@H](NS(C)(=O)=O)C(=O)NCc1nnc2n1CCC2. The smallest absolute Gasteiger partial charge is 0.238 e. The second-order valence-electron chi connectivity index (χ2n) is 6.08. The number of rotatable bonds is 7. The van der Waals surface area contributed by atoms with Gasteiger partial charge in [-0.05, 0) is 18.8 Å². The fourth-order valence-corrected chi connectivity index (χ4v) is 3.29. The number of nitrogens with zero attached hydrogens (tertiary/aromatic N) is 3. The van der Waals surface area contributed by atoms with Gasteiger partial charge in [0, 0.05) is 13.0 Å². The summed E-state index contributed by atoms with van der Waals surface area (Å²) in [7, 11) is -3.44. The van der Waals surface area contributed by atoms with Crippen molar-refractivity contribution in [3.63, 3.8) is 0 Å². The van der Waals surface area contributed by atoms with Gasteiger partial charge in [0.15, 0.2) is 5.82 Å². The van der Waals surface area contributed by atoms with Crippen LogP contribution in [0.15, 0.2) is 0 Å². The second-order valence-corrected chi connectivity index (χ2v) is 7.86. The molecule has 8 nitrogen and oxygen atoms in total. The fourth-order valence-electron chi connectivity index (χ4n) is 2.57. The van der Waals surface area contributed by atoms with Gasteiger partial charge in [0.05, 0.1) is 12.8 Å². The number of aromatic nitrogens is 3. The number of carbonyl (C=O) groups excluding carboxylic acids is 1. The summed E-state index contributed by atoms with van der Waals surface area (Å²) < 4.78 is 27.2. The van der Waals surface area contributed by atoms with Gasteiger partial charge < -0.3 is 9.88 Å². The van der Waals surface area contributed by atoms with E-state index in [0.717, 1.165) is 31.5 Å². The number of fused-ring (bicyclic) bond motifs is 1. The van der Waals surface area contributed by atoms with Crippen LogP contribution in [0.5, 0.6) is 0 Å². The minimum atomic E-state index is -3.44. The van der Waals surface area contributed by atoms with Crippen molar-refractivity contribution in [2.75, 3.05) is 6.26 Å². The lowest BCUT2D eigenvalue weighted by molar-refractivity contribution is -0.123. The second kappa shape index (κ2) is 6.74. The first-order chi connectivity index (χ1) is 10.3. The van der Waals surface area contributed by atoms with Crippen LogP contribution in [0, 0.1) is 5.92 Å². The Hall–Kier alpha value is -1.48. The molecule has 0 saturated carbocycles. The summed E-state index contributed by atoms with van der Waals surface area (Å²) in [6, 6.07) is -0.768. The van der Waals surface area contributed by atoms with E-state index in [1.165, 1.54) is 0 Å². The van der Waals surface area contributed by atoms with Crippen molar-refractivity contribution in [1.29, 1.82) is 0 Å². The lowest BCUT2D eigenvalue weighted by atomic mass is 10.0. The zero-order valence-corrected chi connectivity index (χ0v) is 14.0. The number of nitrogens with one attached hydrogen (secondary N) is 2. The van der Waals surface area contributed by atoms with Crippen LogP contribution >= 0.6 is 0 Å². The van der Waals surface area contributed by atoms with Gasteiger partial charge in [-0.1, -0.05) is 13.8 Å². The Balaban J connectivity index is 1.98. The third-order valence-corrected chi connectivity index (χ3v) is 4.20. The Morgan fingerprint density at radius 2 is 2.09 bits per heavy atom. The van der Waals surface area contributed by atoms with E-state index in [1.807, 2.05) is 18.4 Å². The molecule has 22 heavy (non-hydrogen) atoms. The summed E-state index contributed by atoms with van der Waals surface area (Å²) in [4.78, 5) is 12.3.